The molecule has 0 bridgehead atoms. The number of aliphatic hydroxyl groups excluding tert-OH is 14. The first-order valence-corrected chi connectivity index (χ1v) is 26.0. The van der Waals surface area contributed by atoms with Crippen LogP contribution < -0.4 is 0 Å². The van der Waals surface area contributed by atoms with Crippen LogP contribution in [0.25, 0.3) is 0 Å². The predicted molar refractivity (Wildman–Crippen MR) is 246 cm³/mol. The summed E-state index contributed by atoms with van der Waals surface area (Å²) in [4.78, 5) is 0. The maximum absolute atomic E-state index is 12.3. The molecule has 4 heterocycles. The molecule has 3 saturated carbocycles. The zero-order chi connectivity index (χ0) is 52.1. The predicted octanol–water partition coefficient (Wildman–Crippen LogP) is -2.96. The molecule has 22 heteroatoms. The average molecular weight is 1040 g/mol. The van der Waals surface area contributed by atoms with Crippen molar-refractivity contribution in [1.29, 1.82) is 0 Å². The van der Waals surface area contributed by atoms with Gasteiger partial charge in [-0.3, -0.25) is 0 Å². The van der Waals surface area contributed by atoms with Crippen molar-refractivity contribution in [3.05, 3.63) is 23.8 Å². The Morgan fingerprint density at radius 1 is 0.639 bits per heavy atom. The fourth-order valence-corrected chi connectivity index (χ4v) is 13.9. The fraction of sp³-hybridized carbons (Fsp3) is 0.920. The molecule has 0 radical (unpaired) electrons. The lowest BCUT2D eigenvalue weighted by atomic mass is 9.46. The Morgan fingerprint density at radius 3 is 1.82 bits per heavy atom. The highest BCUT2D eigenvalue weighted by atomic mass is 16.8. The molecule has 0 spiro atoms. The topological polar surface area (TPSA) is 357 Å². The van der Waals surface area contributed by atoms with Gasteiger partial charge in [-0.15, -0.1) is 0 Å². The van der Waals surface area contributed by atoms with E-state index in [2.05, 4.69) is 45.9 Å². The molecule has 4 saturated heterocycles. The third kappa shape index (κ3) is 10.8. The molecule has 8 rings (SSSR count). The Hall–Kier alpha value is -1.40. The largest absolute Gasteiger partial charge is 0.396 e. The molecule has 8 aliphatic rings. The van der Waals surface area contributed by atoms with E-state index in [-0.39, 0.29) is 47.0 Å². The van der Waals surface area contributed by atoms with Crippen LogP contribution in [0.3, 0.4) is 0 Å². The number of rotatable bonds is 16. The van der Waals surface area contributed by atoms with Gasteiger partial charge in [-0.2, -0.15) is 0 Å². The van der Waals surface area contributed by atoms with Crippen molar-refractivity contribution in [2.24, 2.45) is 46.3 Å². The minimum absolute atomic E-state index is 0.0326. The van der Waals surface area contributed by atoms with Crippen molar-refractivity contribution >= 4 is 0 Å². The molecule has 14 N–H and O–H groups in total. The van der Waals surface area contributed by atoms with Gasteiger partial charge in [-0.25, -0.2) is 0 Å². The summed E-state index contributed by atoms with van der Waals surface area (Å²) in [6.45, 7) is 5.98. The molecule has 7 fully saturated rings. The van der Waals surface area contributed by atoms with Crippen LogP contribution in [0.5, 0.6) is 0 Å². The maximum Gasteiger partial charge on any atom is 0.187 e. The Balaban J connectivity index is 1.02. The van der Waals surface area contributed by atoms with Crippen LogP contribution in [0.1, 0.15) is 79.1 Å². The van der Waals surface area contributed by atoms with Crippen molar-refractivity contribution in [1.82, 2.24) is 0 Å². The molecular weight excluding hydrogens is 953 g/mol. The fourth-order valence-electron chi connectivity index (χ4n) is 13.9. The van der Waals surface area contributed by atoms with Gasteiger partial charge in [-0.05, 0) is 91.8 Å². The summed E-state index contributed by atoms with van der Waals surface area (Å²) in [5.74, 6) is 1.19. The number of aliphatic hydroxyl groups is 14. The third-order valence-corrected chi connectivity index (χ3v) is 18.0. The summed E-state index contributed by atoms with van der Waals surface area (Å²) < 4.78 is 48.0. The first kappa shape index (κ1) is 56.8. The Labute approximate surface area is 419 Å². The second-order valence-electron chi connectivity index (χ2n) is 22.7. The molecule has 0 aromatic carbocycles. The molecule has 4 aliphatic heterocycles. The zero-order valence-corrected chi connectivity index (χ0v) is 41.5. The van der Waals surface area contributed by atoms with Crippen LogP contribution in [0.4, 0.5) is 0 Å². The van der Waals surface area contributed by atoms with Gasteiger partial charge >= 0.3 is 0 Å². The number of ether oxygens (including phenoxy) is 8. The average Bonchev–Trinajstić information content (AvgIpc) is 3.63. The van der Waals surface area contributed by atoms with Gasteiger partial charge in [-0.1, -0.05) is 51.5 Å². The number of hydrogen-bond acceptors (Lipinski definition) is 22. The number of allylic oxidation sites excluding steroid dienone is 2. The highest BCUT2D eigenvalue weighted by Crippen LogP contribution is 2.67. The lowest BCUT2D eigenvalue weighted by molar-refractivity contribution is -0.396. The summed E-state index contributed by atoms with van der Waals surface area (Å²) in [7, 11) is 0. The van der Waals surface area contributed by atoms with Gasteiger partial charge in [0.1, 0.15) is 91.6 Å². The molecule has 0 amide bonds. The summed E-state index contributed by atoms with van der Waals surface area (Å²) in [5.41, 5.74) is 0.825. The smallest absolute Gasteiger partial charge is 0.187 e. The first-order valence-electron chi connectivity index (χ1n) is 26.0. The van der Waals surface area contributed by atoms with E-state index in [4.69, 9.17) is 37.9 Å². The van der Waals surface area contributed by atoms with Crippen LogP contribution in [-0.2, 0) is 37.9 Å². The van der Waals surface area contributed by atoms with E-state index in [0.717, 1.165) is 25.7 Å². The van der Waals surface area contributed by atoms with Crippen molar-refractivity contribution < 1.29 is 109 Å². The number of hydrogen-bond donors (Lipinski definition) is 14. The summed E-state index contributed by atoms with van der Waals surface area (Å²) in [5, 5.41) is 151. The zero-order valence-electron chi connectivity index (χ0n) is 41.5. The number of fused-ring (bicyclic) bond motifs is 5. The van der Waals surface area contributed by atoms with Gasteiger partial charge in [0.05, 0.1) is 38.6 Å². The lowest BCUT2D eigenvalue weighted by Crippen LogP contribution is -2.67. The van der Waals surface area contributed by atoms with E-state index in [1.165, 1.54) is 5.57 Å². The lowest BCUT2D eigenvalue weighted by Gasteiger charge is -2.59. The molecule has 0 unspecified atom stereocenters. The summed E-state index contributed by atoms with van der Waals surface area (Å²) in [6.07, 6.45) is -21.4. The first-order chi connectivity index (χ1) is 34.2. The Kier molecular flexibility index (Phi) is 18.4. The minimum Gasteiger partial charge on any atom is -0.396 e. The van der Waals surface area contributed by atoms with E-state index < -0.39 is 155 Å². The van der Waals surface area contributed by atoms with Crippen LogP contribution in [0.2, 0.25) is 0 Å². The molecule has 22 nitrogen and oxygen atoms in total. The molecule has 0 aromatic rings. The van der Waals surface area contributed by atoms with E-state index in [1.807, 2.05) is 0 Å². The highest BCUT2D eigenvalue weighted by Gasteiger charge is 2.63. The van der Waals surface area contributed by atoms with Crippen LogP contribution >= 0.6 is 0 Å². The molecule has 0 aromatic heterocycles. The highest BCUT2D eigenvalue weighted by molar-refractivity contribution is 5.26. The van der Waals surface area contributed by atoms with Gasteiger partial charge < -0.3 is 109 Å². The Bertz CT molecular complexity index is 1820. The van der Waals surface area contributed by atoms with Gasteiger partial charge in [0.15, 0.2) is 25.2 Å². The van der Waals surface area contributed by atoms with E-state index in [1.54, 1.807) is 0 Å². The molecular formula is C50H82O22. The SMILES string of the molecule is CC(C)C/C=C/[C@@H](CO)[C@H]1C[C@H](O)[C@H]2[C@@H]3CC=C4C[C@@H](O[C@@H]5O[C@H](CO)[C@@H](O[C@@H]6O[C@H](CO)[C@H](O)[C@H](O)[C@H]6O)[C@H](O[C@@H]6OC[C@@H](O)[C@@H](O)[C@@H]6O[C@H]6O[C@H](CO)[C@H](O)[C@H](O)[C@H]6O)[C@H]5O)CC[C@]4(C)[C@H]3CC[C@@]21C. The van der Waals surface area contributed by atoms with Crippen molar-refractivity contribution in [3.8, 4) is 0 Å². The van der Waals surface area contributed by atoms with E-state index in [9.17, 15) is 71.5 Å². The standard InChI is InChI=1S/C50H82O22/c1-21(2)6-5-7-22(16-51)27-15-28(55)33-25-9-8-23-14-24(10-12-49(23,3)26(25)11-13-50(27,33)4)66-47-41(64)43(42(32(19-54)69-47)70-45-39(62)37(60)35(58)30(17-52)67-45)71-48-44(34(57)29(56)20-65-48)72-46-40(63)38(61)36(59)31(18-53)68-46/h5,7-8,21-22,24-48,51-64H,6,9-20H2,1-4H3/b7-5+/t22-,24-,25+,26-,27+,28-,29+,30+,31+,32+,33+,34+,35-,36-,37-,38-,39+,40+,41+,42+,43+,44-,45-,46+,47+,48-,49-,50+/m0/s1. The molecule has 4 aliphatic carbocycles. The second kappa shape index (κ2) is 23.3. The third-order valence-electron chi connectivity index (χ3n) is 18.0. The van der Waals surface area contributed by atoms with Crippen molar-refractivity contribution in [2.75, 3.05) is 33.0 Å². The van der Waals surface area contributed by atoms with Gasteiger partial charge in [0, 0.05) is 12.5 Å². The van der Waals surface area contributed by atoms with Gasteiger partial charge in [0.25, 0.3) is 0 Å². The normalized spacial score (nSPS) is 51.4. The summed E-state index contributed by atoms with van der Waals surface area (Å²) in [6, 6.07) is 0. The molecule has 72 heavy (non-hydrogen) atoms. The van der Waals surface area contributed by atoms with Crippen molar-refractivity contribution in [2.45, 2.75) is 208 Å². The monoisotopic (exact) mass is 1030 g/mol. The van der Waals surface area contributed by atoms with E-state index >= 15 is 0 Å². The van der Waals surface area contributed by atoms with Crippen LogP contribution in [-0.4, -0.2) is 233 Å². The quantitative estimate of drug-likeness (QED) is 0.0687. The second-order valence-corrected chi connectivity index (χ2v) is 22.7. The van der Waals surface area contributed by atoms with E-state index in [0.29, 0.717) is 31.6 Å². The Morgan fingerprint density at radius 2 is 1.22 bits per heavy atom. The minimum atomic E-state index is -1.95. The summed E-state index contributed by atoms with van der Waals surface area (Å²) >= 11 is 0. The van der Waals surface area contributed by atoms with Crippen LogP contribution in [0.15, 0.2) is 23.8 Å². The molecule has 414 valence electrons. The van der Waals surface area contributed by atoms with Gasteiger partial charge in [0.2, 0.25) is 0 Å². The van der Waals surface area contributed by atoms with Crippen LogP contribution in [0, 0.1) is 46.3 Å². The maximum atomic E-state index is 12.3. The van der Waals surface area contributed by atoms with Crippen molar-refractivity contribution in [3.63, 3.8) is 0 Å². The molecule has 28 atom stereocenters.